The number of para-hydroxylation sites is 3. The largest absolute Gasteiger partial charge is 0.310 e. The predicted molar refractivity (Wildman–Crippen MR) is 196 cm³/mol. The van der Waals surface area contributed by atoms with Gasteiger partial charge in [-0.15, -0.1) is 0 Å². The fourth-order valence-electron chi connectivity index (χ4n) is 6.55. The van der Waals surface area contributed by atoms with Crippen molar-refractivity contribution in [1.82, 2.24) is 0 Å². The van der Waals surface area contributed by atoms with Gasteiger partial charge < -0.3 is 9.80 Å². The summed E-state index contributed by atoms with van der Waals surface area (Å²) in [7, 11) is 0. The molecule has 0 radical (unpaired) electrons. The fourth-order valence-corrected chi connectivity index (χ4v) is 6.55. The maximum atomic E-state index is 2.45. The van der Waals surface area contributed by atoms with Gasteiger partial charge in [0.1, 0.15) is 0 Å². The summed E-state index contributed by atoms with van der Waals surface area (Å²) >= 11 is 0. The predicted octanol–water partition coefficient (Wildman–Crippen LogP) is 12.6. The normalized spacial score (nSPS) is 11.0. The second kappa shape index (κ2) is 12.1. The first-order chi connectivity index (χ1) is 22.9. The Morgan fingerprint density at radius 3 is 1.24 bits per heavy atom. The van der Waals surface area contributed by atoms with Crippen molar-refractivity contribution in [3.63, 3.8) is 0 Å². The average molecular weight is 589 g/mol. The van der Waals surface area contributed by atoms with E-state index in [1.165, 1.54) is 32.7 Å². The quantitative estimate of drug-likeness (QED) is 0.183. The Balaban J connectivity index is 1.43. The SMILES string of the molecule is c1ccc(-c2ccc3ccccc3c2N(c2ccccc2)c2ccc(N(c3ccccc3)c3ccccc3)c3ccccc23)cc1. The lowest BCUT2D eigenvalue weighted by Crippen LogP contribution is -2.14. The Morgan fingerprint density at radius 2 is 0.696 bits per heavy atom. The molecule has 8 aromatic rings. The Labute approximate surface area is 270 Å². The zero-order chi connectivity index (χ0) is 30.7. The summed E-state index contributed by atoms with van der Waals surface area (Å²) in [4.78, 5) is 4.80. The number of hydrogen-bond donors (Lipinski definition) is 0. The number of anilines is 6. The molecule has 0 N–H and O–H groups in total. The van der Waals surface area contributed by atoms with Crippen LogP contribution in [0.15, 0.2) is 194 Å². The molecule has 0 fully saturated rings. The molecule has 0 saturated heterocycles. The molecule has 0 amide bonds. The van der Waals surface area contributed by atoms with Crippen molar-refractivity contribution >= 4 is 55.7 Å². The van der Waals surface area contributed by atoms with Gasteiger partial charge in [-0.3, -0.25) is 0 Å². The maximum Gasteiger partial charge on any atom is 0.0618 e. The van der Waals surface area contributed by atoms with E-state index < -0.39 is 0 Å². The second-order valence-electron chi connectivity index (χ2n) is 11.4. The summed E-state index contributed by atoms with van der Waals surface area (Å²) in [5.41, 5.74) is 9.13. The summed E-state index contributed by atoms with van der Waals surface area (Å²) in [6.45, 7) is 0. The smallest absolute Gasteiger partial charge is 0.0618 e. The molecule has 0 unspecified atom stereocenters. The van der Waals surface area contributed by atoms with E-state index in [1.54, 1.807) is 0 Å². The molecule has 8 aromatic carbocycles. The first-order valence-corrected chi connectivity index (χ1v) is 15.7. The molecule has 8 rings (SSSR count). The van der Waals surface area contributed by atoms with Crippen LogP contribution in [0.4, 0.5) is 34.1 Å². The van der Waals surface area contributed by atoms with Gasteiger partial charge in [0, 0.05) is 38.8 Å². The van der Waals surface area contributed by atoms with Gasteiger partial charge in [0.05, 0.1) is 17.1 Å². The molecule has 0 heterocycles. The maximum absolute atomic E-state index is 2.45. The molecule has 0 aromatic heterocycles. The molecule has 0 atom stereocenters. The standard InChI is InChI=1S/C44H32N2/c1-5-17-33(18-6-1)39-30-29-34-19-13-14-26-38(34)44(39)46(37-24-11-4-12-25-37)43-32-31-42(40-27-15-16-28-41(40)43)45(35-20-7-2-8-21-35)36-22-9-3-10-23-36/h1-32H. The van der Waals surface area contributed by atoms with Crippen molar-refractivity contribution in [1.29, 1.82) is 0 Å². The van der Waals surface area contributed by atoms with Crippen molar-refractivity contribution in [2.45, 2.75) is 0 Å². The van der Waals surface area contributed by atoms with Gasteiger partial charge in [0.2, 0.25) is 0 Å². The van der Waals surface area contributed by atoms with E-state index in [1.807, 2.05) is 0 Å². The van der Waals surface area contributed by atoms with Gasteiger partial charge in [-0.1, -0.05) is 146 Å². The van der Waals surface area contributed by atoms with Crippen molar-refractivity contribution in [2.24, 2.45) is 0 Å². The van der Waals surface area contributed by atoms with E-state index in [9.17, 15) is 0 Å². The van der Waals surface area contributed by atoms with Crippen LogP contribution in [-0.4, -0.2) is 0 Å². The zero-order valence-corrected chi connectivity index (χ0v) is 25.4. The Kier molecular flexibility index (Phi) is 7.22. The third-order valence-electron chi connectivity index (χ3n) is 8.61. The summed E-state index contributed by atoms with van der Waals surface area (Å²) in [5, 5.41) is 4.76. The van der Waals surface area contributed by atoms with Crippen LogP contribution in [0.1, 0.15) is 0 Å². The lowest BCUT2D eigenvalue weighted by atomic mass is 9.95. The summed E-state index contributed by atoms with van der Waals surface area (Å²) in [5.74, 6) is 0. The van der Waals surface area contributed by atoms with E-state index in [0.29, 0.717) is 0 Å². The molecular formula is C44H32N2. The van der Waals surface area contributed by atoms with Crippen LogP contribution >= 0.6 is 0 Å². The monoisotopic (exact) mass is 588 g/mol. The first-order valence-electron chi connectivity index (χ1n) is 15.7. The molecule has 0 spiro atoms. The number of hydrogen-bond acceptors (Lipinski definition) is 2. The minimum Gasteiger partial charge on any atom is -0.310 e. The van der Waals surface area contributed by atoms with Gasteiger partial charge >= 0.3 is 0 Å². The van der Waals surface area contributed by atoms with Crippen molar-refractivity contribution in [3.05, 3.63) is 194 Å². The number of fused-ring (bicyclic) bond motifs is 2. The summed E-state index contributed by atoms with van der Waals surface area (Å²) in [6.07, 6.45) is 0. The molecule has 0 bridgehead atoms. The first kappa shape index (κ1) is 27.4. The third-order valence-corrected chi connectivity index (χ3v) is 8.61. The highest BCUT2D eigenvalue weighted by Gasteiger charge is 2.24. The van der Waals surface area contributed by atoms with Crippen LogP contribution in [0.2, 0.25) is 0 Å². The molecule has 0 aliphatic heterocycles. The Bertz CT molecular complexity index is 2210. The molecule has 0 saturated carbocycles. The molecular weight excluding hydrogens is 556 g/mol. The molecule has 46 heavy (non-hydrogen) atoms. The van der Waals surface area contributed by atoms with Gasteiger partial charge in [-0.25, -0.2) is 0 Å². The third kappa shape index (κ3) is 4.96. The molecule has 2 heteroatoms. The van der Waals surface area contributed by atoms with E-state index >= 15 is 0 Å². The van der Waals surface area contributed by atoms with Gasteiger partial charge in [0.15, 0.2) is 0 Å². The number of rotatable bonds is 7. The Hall–Kier alpha value is -6.12. The number of benzene rings is 8. The minimum absolute atomic E-state index is 1.11. The molecule has 0 aliphatic rings. The van der Waals surface area contributed by atoms with E-state index in [0.717, 1.165) is 34.1 Å². The molecule has 0 aliphatic carbocycles. The summed E-state index contributed by atoms with van der Waals surface area (Å²) < 4.78 is 0. The van der Waals surface area contributed by atoms with Crippen molar-refractivity contribution in [3.8, 4) is 11.1 Å². The number of nitrogens with zero attached hydrogens (tertiary/aromatic N) is 2. The highest BCUT2D eigenvalue weighted by atomic mass is 15.2. The van der Waals surface area contributed by atoms with E-state index in [-0.39, 0.29) is 0 Å². The highest BCUT2D eigenvalue weighted by Crippen LogP contribution is 2.49. The van der Waals surface area contributed by atoms with Gasteiger partial charge in [-0.2, -0.15) is 0 Å². The van der Waals surface area contributed by atoms with Gasteiger partial charge in [0.25, 0.3) is 0 Å². The molecule has 218 valence electrons. The highest BCUT2D eigenvalue weighted by molar-refractivity contribution is 6.12. The Morgan fingerprint density at radius 1 is 0.283 bits per heavy atom. The van der Waals surface area contributed by atoms with Gasteiger partial charge in [-0.05, 0) is 59.5 Å². The van der Waals surface area contributed by atoms with Crippen LogP contribution in [0.5, 0.6) is 0 Å². The van der Waals surface area contributed by atoms with Crippen molar-refractivity contribution < 1.29 is 0 Å². The van der Waals surface area contributed by atoms with E-state index in [2.05, 4.69) is 204 Å². The topological polar surface area (TPSA) is 6.48 Å². The lowest BCUT2D eigenvalue weighted by Gasteiger charge is -2.32. The summed E-state index contributed by atoms with van der Waals surface area (Å²) in [6, 6.07) is 69.3. The van der Waals surface area contributed by atoms with Crippen LogP contribution in [0.3, 0.4) is 0 Å². The molecule has 2 nitrogen and oxygen atoms in total. The van der Waals surface area contributed by atoms with Crippen LogP contribution < -0.4 is 9.80 Å². The fraction of sp³-hybridized carbons (Fsp3) is 0. The van der Waals surface area contributed by atoms with E-state index in [4.69, 9.17) is 0 Å². The second-order valence-corrected chi connectivity index (χ2v) is 11.4. The average Bonchev–Trinajstić information content (AvgIpc) is 3.14. The van der Waals surface area contributed by atoms with Crippen LogP contribution in [-0.2, 0) is 0 Å². The lowest BCUT2D eigenvalue weighted by molar-refractivity contribution is 1.28. The minimum atomic E-state index is 1.11. The zero-order valence-electron chi connectivity index (χ0n) is 25.4. The van der Waals surface area contributed by atoms with Crippen LogP contribution in [0.25, 0.3) is 32.7 Å². The van der Waals surface area contributed by atoms with Crippen molar-refractivity contribution in [2.75, 3.05) is 9.80 Å². The van der Waals surface area contributed by atoms with Crippen LogP contribution in [0, 0.1) is 0 Å².